The van der Waals surface area contributed by atoms with Crippen molar-refractivity contribution in [1.82, 2.24) is 15.0 Å². The highest BCUT2D eigenvalue weighted by Gasteiger charge is 2.13. The largest absolute Gasteiger partial charge is 0.488 e. The van der Waals surface area contributed by atoms with E-state index in [9.17, 15) is 8.60 Å². The van der Waals surface area contributed by atoms with Gasteiger partial charge in [-0.15, -0.1) is 0 Å². The molecule has 9 heteroatoms. The van der Waals surface area contributed by atoms with Crippen LogP contribution in [-0.2, 0) is 24.1 Å². The Hall–Kier alpha value is -3.69. The van der Waals surface area contributed by atoms with Crippen molar-refractivity contribution in [3.05, 3.63) is 96.1 Å². The monoisotopic (exact) mass is 464 g/mol. The zero-order valence-electron chi connectivity index (χ0n) is 17.5. The maximum atomic E-state index is 13.9. The molecule has 0 amide bonds. The van der Waals surface area contributed by atoms with Crippen molar-refractivity contribution in [2.45, 2.75) is 13.0 Å². The summed E-state index contributed by atoms with van der Waals surface area (Å²) in [6.45, 7) is 0.277. The minimum absolute atomic E-state index is 0.162. The molecule has 0 saturated heterocycles. The van der Waals surface area contributed by atoms with Crippen molar-refractivity contribution in [1.29, 1.82) is 0 Å². The summed E-state index contributed by atoms with van der Waals surface area (Å²) in [6.07, 6.45) is 1.84. The Morgan fingerprint density at radius 1 is 0.970 bits per heavy atom. The first-order valence-corrected chi connectivity index (χ1v) is 11.4. The summed E-state index contributed by atoms with van der Waals surface area (Å²) >= 11 is -1.85. The van der Waals surface area contributed by atoms with Crippen LogP contribution in [-0.4, -0.2) is 29.5 Å². The second-order valence-corrected chi connectivity index (χ2v) is 8.20. The van der Waals surface area contributed by atoms with Crippen molar-refractivity contribution in [3.8, 4) is 17.1 Å². The summed E-state index contributed by atoms with van der Waals surface area (Å²) in [6, 6.07) is 21.2. The first kappa shape index (κ1) is 22.5. The molecule has 1 aromatic heterocycles. The highest BCUT2D eigenvalue weighted by Crippen LogP contribution is 2.29. The van der Waals surface area contributed by atoms with Gasteiger partial charge < -0.3 is 14.6 Å². The predicted octanol–water partition coefficient (Wildman–Crippen LogP) is 4.76. The summed E-state index contributed by atoms with van der Waals surface area (Å²) in [5.74, 6) is 0.712. The Labute approximate surface area is 193 Å². The van der Waals surface area contributed by atoms with Crippen molar-refractivity contribution in [2.24, 2.45) is 0 Å². The van der Waals surface area contributed by atoms with Gasteiger partial charge in [0.1, 0.15) is 24.5 Å². The van der Waals surface area contributed by atoms with E-state index in [2.05, 4.69) is 20.3 Å². The fourth-order valence-corrected chi connectivity index (χ4v) is 3.57. The number of benzene rings is 3. The van der Waals surface area contributed by atoms with Crippen LogP contribution in [0.4, 0.5) is 16.0 Å². The van der Waals surface area contributed by atoms with E-state index in [0.29, 0.717) is 29.5 Å². The van der Waals surface area contributed by atoms with Gasteiger partial charge in [0.05, 0.1) is 11.3 Å². The molecule has 7 nitrogen and oxygen atoms in total. The van der Waals surface area contributed by atoms with Crippen LogP contribution in [0.1, 0.15) is 11.1 Å². The van der Waals surface area contributed by atoms with Gasteiger partial charge in [0.25, 0.3) is 0 Å². The fraction of sp³-hybridized carbons (Fsp3) is 0.125. The van der Waals surface area contributed by atoms with Gasteiger partial charge in [-0.05, 0) is 41.8 Å². The van der Waals surface area contributed by atoms with Crippen LogP contribution in [0.15, 0.2) is 79.1 Å². The SMILES string of the molecule is O=S(O)CCc1cccc(Nc2ncnc(-c3ccc(F)cc3OCc3ccccc3)n2)c1. The van der Waals surface area contributed by atoms with Gasteiger partial charge >= 0.3 is 0 Å². The van der Waals surface area contributed by atoms with Gasteiger partial charge in [0, 0.05) is 11.8 Å². The predicted molar refractivity (Wildman–Crippen MR) is 125 cm³/mol. The van der Waals surface area contributed by atoms with E-state index in [1.54, 1.807) is 6.07 Å². The van der Waals surface area contributed by atoms with Gasteiger partial charge in [0.2, 0.25) is 5.95 Å². The van der Waals surface area contributed by atoms with Gasteiger partial charge in [-0.1, -0.05) is 42.5 Å². The summed E-state index contributed by atoms with van der Waals surface area (Å²) < 4.78 is 39.7. The molecule has 0 fully saturated rings. The number of nitrogens with zero attached hydrogens (tertiary/aromatic N) is 3. The number of nitrogens with one attached hydrogen (secondary N) is 1. The maximum Gasteiger partial charge on any atom is 0.230 e. The summed E-state index contributed by atoms with van der Waals surface area (Å²) in [5.41, 5.74) is 3.13. The molecular formula is C24H21FN4O3S. The zero-order chi connectivity index (χ0) is 23.0. The molecule has 0 aliphatic heterocycles. The van der Waals surface area contributed by atoms with Gasteiger partial charge in [0.15, 0.2) is 16.9 Å². The van der Waals surface area contributed by atoms with E-state index in [1.165, 1.54) is 18.5 Å². The summed E-state index contributed by atoms with van der Waals surface area (Å²) in [7, 11) is 0. The number of hydrogen-bond donors (Lipinski definition) is 2. The molecule has 3 aromatic carbocycles. The minimum atomic E-state index is -1.85. The molecule has 4 aromatic rings. The first-order valence-electron chi connectivity index (χ1n) is 10.2. The van der Waals surface area contributed by atoms with Gasteiger partial charge in [-0.3, -0.25) is 0 Å². The molecule has 0 aliphatic rings. The number of hydrogen-bond acceptors (Lipinski definition) is 6. The summed E-state index contributed by atoms with van der Waals surface area (Å²) in [4.78, 5) is 12.9. The zero-order valence-corrected chi connectivity index (χ0v) is 18.3. The van der Waals surface area contributed by atoms with Crippen LogP contribution in [0, 0.1) is 5.82 Å². The van der Waals surface area contributed by atoms with E-state index < -0.39 is 16.9 Å². The van der Waals surface area contributed by atoms with Crippen molar-refractivity contribution < 1.29 is 17.9 Å². The molecule has 1 unspecified atom stereocenters. The van der Waals surface area contributed by atoms with Crippen LogP contribution in [0.25, 0.3) is 11.4 Å². The van der Waals surface area contributed by atoms with Crippen LogP contribution in [0.2, 0.25) is 0 Å². The Morgan fingerprint density at radius 2 is 1.79 bits per heavy atom. The molecule has 0 aliphatic carbocycles. The van der Waals surface area contributed by atoms with Crippen molar-refractivity contribution >= 4 is 22.7 Å². The van der Waals surface area contributed by atoms with Gasteiger partial charge in [-0.2, -0.15) is 4.98 Å². The highest BCUT2D eigenvalue weighted by molar-refractivity contribution is 7.79. The molecule has 0 bridgehead atoms. The number of ether oxygens (including phenoxy) is 1. The number of aryl methyl sites for hydroxylation is 1. The fourth-order valence-electron chi connectivity index (χ4n) is 3.16. The number of halogens is 1. The van der Waals surface area contributed by atoms with E-state index in [4.69, 9.17) is 9.29 Å². The topological polar surface area (TPSA) is 97.2 Å². The maximum absolute atomic E-state index is 13.9. The lowest BCUT2D eigenvalue weighted by Crippen LogP contribution is -2.03. The lowest BCUT2D eigenvalue weighted by molar-refractivity contribution is 0.306. The van der Waals surface area contributed by atoms with Crippen LogP contribution < -0.4 is 10.1 Å². The highest BCUT2D eigenvalue weighted by atomic mass is 32.2. The molecule has 33 heavy (non-hydrogen) atoms. The van der Waals surface area contributed by atoms with Crippen molar-refractivity contribution in [3.63, 3.8) is 0 Å². The molecule has 0 saturated carbocycles. The van der Waals surface area contributed by atoms with Crippen LogP contribution >= 0.6 is 0 Å². The molecule has 1 atom stereocenters. The number of rotatable bonds is 9. The molecule has 0 radical (unpaired) electrons. The second kappa shape index (κ2) is 10.8. The van der Waals surface area contributed by atoms with Crippen LogP contribution in [0.5, 0.6) is 5.75 Å². The number of anilines is 2. The molecule has 4 rings (SSSR count). The second-order valence-electron chi connectivity index (χ2n) is 7.15. The smallest absolute Gasteiger partial charge is 0.230 e. The molecule has 1 heterocycles. The average molecular weight is 465 g/mol. The lowest BCUT2D eigenvalue weighted by atomic mass is 10.1. The van der Waals surface area contributed by atoms with E-state index in [1.807, 2.05) is 54.6 Å². The molecule has 2 N–H and O–H groups in total. The molecule has 0 spiro atoms. The Kier molecular flexibility index (Phi) is 7.33. The standard InChI is InChI=1S/C24H21FN4O3S/c25-19-9-10-21(22(14-19)32-15-18-5-2-1-3-6-18)23-26-16-27-24(29-23)28-20-8-4-7-17(13-20)11-12-33(30)31/h1-10,13-14,16H,11-12,15H2,(H,30,31)(H,26,27,28,29). The average Bonchev–Trinajstić information content (AvgIpc) is 2.82. The lowest BCUT2D eigenvalue weighted by Gasteiger charge is -2.12. The van der Waals surface area contributed by atoms with E-state index in [-0.39, 0.29) is 12.4 Å². The molecular weight excluding hydrogens is 443 g/mol. The normalized spacial score (nSPS) is 11.7. The quantitative estimate of drug-likeness (QED) is 0.345. The summed E-state index contributed by atoms with van der Waals surface area (Å²) in [5, 5.41) is 3.12. The van der Waals surface area contributed by atoms with Gasteiger partial charge in [-0.25, -0.2) is 18.6 Å². The van der Waals surface area contributed by atoms with E-state index >= 15 is 0 Å². The van der Waals surface area contributed by atoms with Crippen LogP contribution in [0.3, 0.4) is 0 Å². The molecule has 168 valence electrons. The Morgan fingerprint density at radius 3 is 2.61 bits per heavy atom. The first-order chi connectivity index (χ1) is 16.1. The third-order valence-electron chi connectivity index (χ3n) is 4.74. The van der Waals surface area contributed by atoms with Crippen molar-refractivity contribution in [2.75, 3.05) is 11.1 Å². The third kappa shape index (κ3) is 6.41. The third-order valence-corrected chi connectivity index (χ3v) is 5.30. The number of aromatic nitrogens is 3. The van der Waals surface area contributed by atoms with E-state index in [0.717, 1.165) is 16.8 Å². The Balaban J connectivity index is 1.54. The minimum Gasteiger partial charge on any atom is -0.488 e. The Bertz CT molecular complexity index is 1260.